The van der Waals surface area contributed by atoms with Crippen LogP contribution in [0.15, 0.2) is 24.3 Å². The lowest BCUT2D eigenvalue weighted by atomic mass is 9.88. The first-order valence-electron chi connectivity index (χ1n) is 11.3. The molecule has 2 heterocycles. The van der Waals surface area contributed by atoms with Crippen LogP contribution in [0.3, 0.4) is 0 Å². The van der Waals surface area contributed by atoms with Crippen molar-refractivity contribution in [2.45, 2.75) is 70.9 Å². The number of carbonyl (C=O) groups is 3. The molecule has 8 nitrogen and oxygen atoms in total. The summed E-state index contributed by atoms with van der Waals surface area (Å²) in [5.74, 6) is -0.714. The molecule has 174 valence electrons. The summed E-state index contributed by atoms with van der Waals surface area (Å²) in [4.78, 5) is 44.7. The quantitative estimate of drug-likeness (QED) is 0.650. The lowest BCUT2D eigenvalue weighted by molar-refractivity contribution is -0.297. The van der Waals surface area contributed by atoms with Crippen LogP contribution in [0.4, 0.5) is 10.6 Å². The van der Waals surface area contributed by atoms with E-state index in [1.807, 2.05) is 4.90 Å². The van der Waals surface area contributed by atoms with E-state index in [0.717, 1.165) is 31.8 Å². The molecule has 1 saturated carbocycles. The molecule has 1 aliphatic carbocycles. The monoisotopic (exact) mass is 442 g/mol. The third-order valence-corrected chi connectivity index (χ3v) is 5.78. The number of ether oxygens (including phenoxy) is 1. The molecule has 8 heteroatoms. The van der Waals surface area contributed by atoms with Crippen LogP contribution in [-0.4, -0.2) is 52.6 Å². The average molecular weight is 443 g/mol. The van der Waals surface area contributed by atoms with Gasteiger partial charge in [0.2, 0.25) is 5.91 Å². The Bertz CT molecular complexity index is 871. The Kier molecular flexibility index (Phi) is 7.53. The number of hydrogen-bond donors (Lipinski definition) is 0. The number of hydrogen-bond acceptors (Lipinski definition) is 6. The highest BCUT2D eigenvalue weighted by atomic mass is 16.6. The molecule has 0 unspecified atom stereocenters. The third-order valence-electron chi connectivity index (χ3n) is 5.78. The Morgan fingerprint density at radius 3 is 2.53 bits per heavy atom. The number of pyridine rings is 1. The average Bonchev–Trinajstić information content (AvgIpc) is 3.21. The van der Waals surface area contributed by atoms with E-state index in [-0.39, 0.29) is 17.9 Å². The maximum atomic E-state index is 13.1. The van der Waals surface area contributed by atoms with Crippen LogP contribution in [-0.2, 0) is 14.3 Å². The molecule has 0 radical (unpaired) electrons. The number of carboxylic acid groups (broad SMARTS) is 1. The number of nitrogens with zero attached hydrogens (tertiary/aromatic N) is 3. The van der Waals surface area contributed by atoms with Crippen LogP contribution in [0, 0.1) is 5.92 Å². The van der Waals surface area contributed by atoms with E-state index < -0.39 is 17.7 Å². The van der Waals surface area contributed by atoms with Gasteiger partial charge in [0.25, 0.3) is 0 Å². The maximum absolute atomic E-state index is 13.1. The highest BCUT2D eigenvalue weighted by Crippen LogP contribution is 2.29. The lowest BCUT2D eigenvalue weighted by Gasteiger charge is -2.31. The van der Waals surface area contributed by atoms with Gasteiger partial charge in [-0.1, -0.05) is 25.3 Å². The normalized spacial score (nSPS) is 19.8. The Morgan fingerprint density at radius 1 is 1.16 bits per heavy atom. The molecule has 1 aliphatic heterocycles. The Morgan fingerprint density at radius 2 is 1.88 bits per heavy atom. The van der Waals surface area contributed by atoms with E-state index in [1.165, 1.54) is 17.4 Å². The molecule has 2 fully saturated rings. The molecule has 0 bridgehead atoms. The van der Waals surface area contributed by atoms with Crippen LogP contribution in [0.5, 0.6) is 0 Å². The van der Waals surface area contributed by atoms with Crippen LogP contribution < -0.4 is 10.0 Å². The van der Waals surface area contributed by atoms with Crippen molar-refractivity contribution in [1.29, 1.82) is 0 Å². The molecule has 2 aliphatic rings. The molecular weight excluding hydrogens is 410 g/mol. The number of likely N-dealkylation sites (tertiary alicyclic amines) is 1. The summed E-state index contributed by atoms with van der Waals surface area (Å²) in [5.41, 5.74) is -0.314. The van der Waals surface area contributed by atoms with Crippen LogP contribution in [0.2, 0.25) is 0 Å². The SMILES string of the molecule is CC(C)(C)OC(=O)N(c1cccc(C=CC(=O)[O-])n1)[C@@H]1CCN(C(=O)C2CCCCC2)C1. The van der Waals surface area contributed by atoms with Gasteiger partial charge in [-0.05, 0) is 64.3 Å². The van der Waals surface area contributed by atoms with Gasteiger partial charge in [0.15, 0.2) is 0 Å². The predicted molar refractivity (Wildman–Crippen MR) is 119 cm³/mol. The van der Waals surface area contributed by atoms with E-state index in [0.29, 0.717) is 31.0 Å². The summed E-state index contributed by atoms with van der Waals surface area (Å²) in [6, 6.07) is 4.76. The third kappa shape index (κ3) is 6.31. The topological polar surface area (TPSA) is 103 Å². The summed E-state index contributed by atoms with van der Waals surface area (Å²) in [6.45, 7) is 6.40. The number of aliphatic carboxylic acids is 1. The van der Waals surface area contributed by atoms with Crippen molar-refractivity contribution >= 4 is 29.9 Å². The highest BCUT2D eigenvalue weighted by molar-refractivity contribution is 5.88. The zero-order valence-electron chi connectivity index (χ0n) is 19.1. The van der Waals surface area contributed by atoms with Crippen molar-refractivity contribution in [1.82, 2.24) is 9.88 Å². The highest BCUT2D eigenvalue weighted by Gasteiger charge is 2.38. The first-order chi connectivity index (χ1) is 15.1. The van der Waals surface area contributed by atoms with Gasteiger partial charge in [-0.2, -0.15) is 0 Å². The number of aromatic nitrogens is 1. The molecule has 0 N–H and O–H groups in total. The minimum Gasteiger partial charge on any atom is -0.545 e. The molecule has 1 aromatic rings. The number of amides is 2. The molecule has 1 aromatic heterocycles. The number of anilines is 1. The Hall–Kier alpha value is -2.90. The van der Waals surface area contributed by atoms with Gasteiger partial charge >= 0.3 is 6.09 Å². The summed E-state index contributed by atoms with van der Waals surface area (Å²) in [7, 11) is 0. The van der Waals surface area contributed by atoms with Crippen molar-refractivity contribution in [3.63, 3.8) is 0 Å². The van der Waals surface area contributed by atoms with Gasteiger partial charge in [-0.15, -0.1) is 0 Å². The molecule has 32 heavy (non-hydrogen) atoms. The second-order valence-electron chi connectivity index (χ2n) is 9.49. The minimum atomic E-state index is -1.33. The van der Waals surface area contributed by atoms with Crippen LogP contribution in [0.25, 0.3) is 6.08 Å². The Balaban J connectivity index is 1.82. The molecule has 3 rings (SSSR count). The van der Waals surface area contributed by atoms with Crippen molar-refractivity contribution < 1.29 is 24.2 Å². The van der Waals surface area contributed by atoms with Gasteiger partial charge in [0, 0.05) is 19.0 Å². The van der Waals surface area contributed by atoms with Gasteiger partial charge in [-0.3, -0.25) is 9.69 Å². The number of carboxylic acids is 1. The van der Waals surface area contributed by atoms with E-state index in [4.69, 9.17) is 4.74 Å². The Labute approximate surface area is 189 Å². The van der Waals surface area contributed by atoms with Crippen molar-refractivity contribution in [2.24, 2.45) is 5.92 Å². The van der Waals surface area contributed by atoms with Crippen molar-refractivity contribution in [3.8, 4) is 0 Å². The molecule has 2 amide bonds. The first-order valence-corrected chi connectivity index (χ1v) is 11.3. The summed E-state index contributed by atoms with van der Waals surface area (Å²) in [5, 5.41) is 10.7. The second-order valence-corrected chi connectivity index (χ2v) is 9.49. The largest absolute Gasteiger partial charge is 0.545 e. The zero-order chi connectivity index (χ0) is 23.3. The summed E-state index contributed by atoms with van der Waals surface area (Å²) >= 11 is 0. The number of rotatable bonds is 5. The van der Waals surface area contributed by atoms with Crippen molar-refractivity contribution in [3.05, 3.63) is 30.0 Å². The van der Waals surface area contributed by atoms with Gasteiger partial charge in [0.1, 0.15) is 11.4 Å². The first kappa shape index (κ1) is 23.8. The van der Waals surface area contributed by atoms with Gasteiger partial charge in [0.05, 0.1) is 17.7 Å². The fourth-order valence-corrected chi connectivity index (χ4v) is 4.32. The lowest BCUT2D eigenvalue weighted by Crippen LogP contribution is -2.46. The zero-order valence-corrected chi connectivity index (χ0v) is 19.1. The predicted octanol–water partition coefficient (Wildman–Crippen LogP) is 2.77. The van der Waals surface area contributed by atoms with E-state index >= 15 is 0 Å². The smallest absolute Gasteiger partial charge is 0.416 e. The van der Waals surface area contributed by atoms with Gasteiger partial charge in [-0.25, -0.2) is 9.78 Å². The molecule has 1 atom stereocenters. The molecular formula is C24H32N3O5-. The van der Waals surface area contributed by atoms with Gasteiger partial charge < -0.3 is 19.5 Å². The molecule has 1 saturated heterocycles. The van der Waals surface area contributed by atoms with E-state index in [9.17, 15) is 19.5 Å². The maximum Gasteiger partial charge on any atom is 0.416 e. The molecule has 0 spiro atoms. The second kappa shape index (κ2) is 10.1. The van der Waals surface area contributed by atoms with Crippen molar-refractivity contribution in [2.75, 3.05) is 18.0 Å². The standard InChI is InChI=1S/C24H33N3O5/c1-24(2,3)32-23(31)27(20-11-7-10-18(25-20)12-13-21(28)29)19-14-15-26(16-19)22(30)17-8-5-4-6-9-17/h7,10-13,17,19H,4-6,8-9,14-16H2,1-3H3,(H,28,29)/p-1/t19-/m1/s1. The van der Waals surface area contributed by atoms with Crippen LogP contribution in [0.1, 0.15) is 65.0 Å². The minimum absolute atomic E-state index is 0.0775. The summed E-state index contributed by atoms with van der Waals surface area (Å²) < 4.78 is 5.64. The number of carbonyl (C=O) groups excluding carboxylic acids is 3. The molecule has 0 aromatic carbocycles. The summed E-state index contributed by atoms with van der Waals surface area (Å²) in [6.07, 6.45) is 7.54. The fourth-order valence-electron chi connectivity index (χ4n) is 4.32. The van der Waals surface area contributed by atoms with Crippen LogP contribution >= 0.6 is 0 Å². The van der Waals surface area contributed by atoms with E-state index in [2.05, 4.69) is 4.98 Å². The fraction of sp³-hybridized carbons (Fsp3) is 0.583. The van der Waals surface area contributed by atoms with E-state index in [1.54, 1.807) is 39.0 Å².